The molecule has 0 saturated carbocycles. The fourth-order valence-corrected chi connectivity index (χ4v) is 3.98. The van der Waals surface area contributed by atoms with Gasteiger partial charge >= 0.3 is 23.9 Å². The summed E-state index contributed by atoms with van der Waals surface area (Å²) < 4.78 is 27.1. The summed E-state index contributed by atoms with van der Waals surface area (Å²) in [6, 6.07) is 0. The summed E-state index contributed by atoms with van der Waals surface area (Å²) in [7, 11) is 1.20. The average Bonchev–Trinajstić information content (AvgIpc) is 3.25. The minimum absolute atomic E-state index is 0.0102. The van der Waals surface area contributed by atoms with Crippen molar-refractivity contribution in [2.24, 2.45) is 5.92 Å². The number of epoxide rings is 1. The second kappa shape index (κ2) is 8.90. The van der Waals surface area contributed by atoms with E-state index < -0.39 is 53.7 Å². The van der Waals surface area contributed by atoms with Crippen LogP contribution in [0.3, 0.4) is 0 Å². The molecule has 2 heterocycles. The Morgan fingerprint density at radius 3 is 2.47 bits per heavy atom. The molecule has 3 rings (SSSR count). The van der Waals surface area contributed by atoms with E-state index in [1.807, 2.05) is 6.92 Å². The third kappa shape index (κ3) is 4.48. The van der Waals surface area contributed by atoms with Crippen molar-refractivity contribution in [2.45, 2.75) is 70.6 Å². The highest BCUT2D eigenvalue weighted by molar-refractivity contribution is 5.93. The number of hydrogen-bond donors (Lipinski definition) is 0. The van der Waals surface area contributed by atoms with Crippen LogP contribution in [0.1, 0.15) is 40.5 Å². The number of esters is 4. The van der Waals surface area contributed by atoms with Crippen LogP contribution in [-0.4, -0.2) is 61.0 Å². The SMILES string of the molecule is C=C1C(=O)O[C@@H]2C=C(C)CCC=C(C(=O)OC)[C@H](OC(C)=O)[C@@H](OC(=O)[C@]3(C)O[C@@H]3C)[C@@H]12. The van der Waals surface area contributed by atoms with Crippen molar-refractivity contribution in [3.8, 4) is 0 Å². The van der Waals surface area contributed by atoms with Crippen LogP contribution >= 0.6 is 0 Å². The van der Waals surface area contributed by atoms with Crippen molar-refractivity contribution in [1.29, 1.82) is 0 Å². The molecule has 0 aromatic carbocycles. The molecule has 0 radical (unpaired) electrons. The molecule has 0 aromatic heterocycles. The van der Waals surface area contributed by atoms with Gasteiger partial charge in [-0.1, -0.05) is 18.2 Å². The van der Waals surface area contributed by atoms with E-state index in [2.05, 4.69) is 6.58 Å². The lowest BCUT2D eigenvalue weighted by Crippen LogP contribution is -2.47. The Hall–Kier alpha value is -2.94. The first-order valence-corrected chi connectivity index (χ1v) is 10.4. The van der Waals surface area contributed by atoms with E-state index >= 15 is 0 Å². The smallest absolute Gasteiger partial charge is 0.341 e. The van der Waals surface area contributed by atoms with Gasteiger partial charge in [-0.25, -0.2) is 14.4 Å². The fourth-order valence-electron chi connectivity index (χ4n) is 3.98. The second-order valence-electron chi connectivity index (χ2n) is 8.39. The molecule has 0 N–H and O–H groups in total. The predicted molar refractivity (Wildman–Crippen MR) is 110 cm³/mol. The first-order chi connectivity index (χ1) is 15.0. The van der Waals surface area contributed by atoms with Gasteiger partial charge in [0.1, 0.15) is 6.10 Å². The van der Waals surface area contributed by atoms with E-state index in [1.54, 1.807) is 26.0 Å². The summed E-state index contributed by atoms with van der Waals surface area (Å²) in [6.45, 7) is 10.2. The van der Waals surface area contributed by atoms with Crippen LogP contribution < -0.4 is 0 Å². The van der Waals surface area contributed by atoms with Gasteiger partial charge in [0.05, 0.1) is 24.7 Å². The topological polar surface area (TPSA) is 118 Å². The lowest BCUT2D eigenvalue weighted by Gasteiger charge is -2.33. The van der Waals surface area contributed by atoms with Gasteiger partial charge < -0.3 is 23.7 Å². The average molecular weight is 448 g/mol. The van der Waals surface area contributed by atoms with Crippen molar-refractivity contribution < 1.29 is 42.9 Å². The Morgan fingerprint density at radius 1 is 1.25 bits per heavy atom. The van der Waals surface area contributed by atoms with Gasteiger partial charge in [-0.05, 0) is 39.7 Å². The van der Waals surface area contributed by atoms with Gasteiger partial charge in [0, 0.05) is 12.5 Å². The molecule has 2 saturated heterocycles. The van der Waals surface area contributed by atoms with Crippen LogP contribution in [0, 0.1) is 5.92 Å². The summed E-state index contributed by atoms with van der Waals surface area (Å²) in [4.78, 5) is 50.0. The quantitative estimate of drug-likeness (QED) is 0.209. The molecule has 3 aliphatic rings. The first kappa shape index (κ1) is 23.7. The first-order valence-electron chi connectivity index (χ1n) is 10.4. The highest BCUT2D eigenvalue weighted by Crippen LogP contribution is 2.41. The zero-order valence-electron chi connectivity index (χ0n) is 18.8. The van der Waals surface area contributed by atoms with Crippen LogP contribution in [0.15, 0.2) is 35.5 Å². The number of allylic oxidation sites excluding steroid dienone is 2. The van der Waals surface area contributed by atoms with E-state index in [4.69, 9.17) is 23.7 Å². The minimum Gasteiger partial charge on any atom is -0.466 e. The molecule has 0 amide bonds. The van der Waals surface area contributed by atoms with Crippen LogP contribution in [0.2, 0.25) is 0 Å². The monoisotopic (exact) mass is 448 g/mol. The number of rotatable bonds is 4. The van der Waals surface area contributed by atoms with E-state index in [-0.39, 0.29) is 17.3 Å². The molecule has 6 atom stereocenters. The predicted octanol–water partition coefficient (Wildman–Crippen LogP) is 1.94. The molecule has 9 heteroatoms. The highest BCUT2D eigenvalue weighted by atomic mass is 16.7. The molecule has 32 heavy (non-hydrogen) atoms. The second-order valence-corrected chi connectivity index (χ2v) is 8.39. The van der Waals surface area contributed by atoms with E-state index in [0.29, 0.717) is 12.8 Å². The third-order valence-corrected chi connectivity index (χ3v) is 6.07. The Bertz CT molecular complexity index is 914. The van der Waals surface area contributed by atoms with Crippen LogP contribution in [-0.2, 0) is 42.9 Å². The van der Waals surface area contributed by atoms with Gasteiger partial charge in [0.25, 0.3) is 0 Å². The molecule has 174 valence electrons. The summed E-state index contributed by atoms with van der Waals surface area (Å²) in [6.07, 6.45) is 0.540. The van der Waals surface area contributed by atoms with Crippen molar-refractivity contribution in [3.63, 3.8) is 0 Å². The Morgan fingerprint density at radius 2 is 1.91 bits per heavy atom. The summed E-state index contributed by atoms with van der Waals surface area (Å²) in [5.41, 5.74) is -0.216. The zero-order chi connectivity index (χ0) is 23.8. The van der Waals surface area contributed by atoms with Crippen molar-refractivity contribution in [2.75, 3.05) is 7.11 Å². The molecule has 0 bridgehead atoms. The summed E-state index contributed by atoms with van der Waals surface area (Å²) in [5.74, 6) is -3.70. The minimum atomic E-state index is -1.34. The molecule has 9 nitrogen and oxygen atoms in total. The summed E-state index contributed by atoms with van der Waals surface area (Å²) >= 11 is 0. The standard InChI is InChI=1S/C23H28O9/c1-11-8-7-9-15(21(26)28-6)18(29-14(4)24)19(31-22(27)23(5)13(3)32-23)17-12(2)20(25)30-16(17)10-11/h9-10,13,16-19H,2,7-8H2,1,3-6H3/t13-,16-,17+,18+,19+,23-/m1/s1. The van der Waals surface area contributed by atoms with Gasteiger partial charge in [-0.2, -0.15) is 0 Å². The van der Waals surface area contributed by atoms with Gasteiger partial charge in [0.2, 0.25) is 0 Å². The number of fused-ring (bicyclic) bond motifs is 1. The number of hydrogen-bond acceptors (Lipinski definition) is 9. The molecular weight excluding hydrogens is 420 g/mol. The molecule has 1 aliphatic carbocycles. The number of carbonyl (C=O) groups is 4. The van der Waals surface area contributed by atoms with Gasteiger partial charge in [0.15, 0.2) is 17.8 Å². The van der Waals surface area contributed by atoms with E-state index in [1.165, 1.54) is 14.0 Å². The molecule has 0 unspecified atom stereocenters. The Labute approximate surface area is 186 Å². The maximum atomic E-state index is 13.0. The molecule has 0 spiro atoms. The molecule has 0 aromatic rings. The van der Waals surface area contributed by atoms with Crippen molar-refractivity contribution in [3.05, 3.63) is 35.5 Å². The lowest BCUT2D eigenvalue weighted by molar-refractivity contribution is -0.173. The number of methoxy groups -OCH3 is 1. The Balaban J connectivity index is 2.14. The number of ether oxygens (including phenoxy) is 5. The van der Waals surface area contributed by atoms with Crippen LogP contribution in [0.5, 0.6) is 0 Å². The Kier molecular flexibility index (Phi) is 6.59. The third-order valence-electron chi connectivity index (χ3n) is 6.07. The highest BCUT2D eigenvalue weighted by Gasteiger charge is 2.59. The van der Waals surface area contributed by atoms with E-state index in [0.717, 1.165) is 5.57 Å². The number of carbonyl (C=O) groups excluding carboxylic acids is 4. The van der Waals surface area contributed by atoms with E-state index in [9.17, 15) is 19.2 Å². The van der Waals surface area contributed by atoms with Crippen LogP contribution in [0.25, 0.3) is 0 Å². The van der Waals surface area contributed by atoms with Gasteiger partial charge in [-0.3, -0.25) is 4.79 Å². The molecule has 2 fully saturated rings. The molecule has 2 aliphatic heterocycles. The summed E-state index contributed by atoms with van der Waals surface area (Å²) in [5, 5.41) is 0. The van der Waals surface area contributed by atoms with Crippen molar-refractivity contribution in [1.82, 2.24) is 0 Å². The van der Waals surface area contributed by atoms with Crippen molar-refractivity contribution >= 4 is 23.9 Å². The largest absolute Gasteiger partial charge is 0.466 e. The zero-order valence-corrected chi connectivity index (χ0v) is 18.8. The molecular formula is C23H28O9. The maximum Gasteiger partial charge on any atom is 0.341 e. The lowest BCUT2D eigenvalue weighted by atomic mass is 9.83. The van der Waals surface area contributed by atoms with Gasteiger partial charge in [-0.15, -0.1) is 0 Å². The normalized spacial score (nSPS) is 34.3. The van der Waals surface area contributed by atoms with Crippen LogP contribution in [0.4, 0.5) is 0 Å². The fraction of sp³-hybridized carbons (Fsp3) is 0.565. The maximum absolute atomic E-state index is 13.0.